The van der Waals surface area contributed by atoms with E-state index in [0.29, 0.717) is 11.7 Å². The summed E-state index contributed by atoms with van der Waals surface area (Å²) in [5.41, 5.74) is 10.6. The van der Waals surface area contributed by atoms with E-state index in [1.54, 1.807) is 0 Å². The molecular weight excluding hydrogens is 236 g/mol. The van der Waals surface area contributed by atoms with Crippen LogP contribution in [0.1, 0.15) is 50.2 Å². The Morgan fingerprint density at radius 2 is 1.95 bits per heavy atom. The van der Waals surface area contributed by atoms with Crippen molar-refractivity contribution in [3.05, 3.63) is 17.1 Å². The summed E-state index contributed by atoms with van der Waals surface area (Å²) in [5.74, 6) is 2.21. The molecule has 3 rings (SSSR count). The van der Waals surface area contributed by atoms with Crippen molar-refractivity contribution in [1.29, 1.82) is 0 Å². The van der Waals surface area contributed by atoms with Gasteiger partial charge in [0.2, 0.25) is 0 Å². The number of nitrogens with zero attached hydrogens (tertiary/aromatic N) is 2. The second-order valence-corrected chi connectivity index (χ2v) is 5.99. The van der Waals surface area contributed by atoms with Gasteiger partial charge in [-0.3, -0.25) is 0 Å². The topological polar surface area (TPSA) is 67.6 Å². The third-order valence-electron chi connectivity index (χ3n) is 3.84. The summed E-state index contributed by atoms with van der Waals surface area (Å²) in [4.78, 5) is 12.7. The molecule has 0 aliphatic heterocycles. The van der Waals surface area contributed by atoms with Crippen molar-refractivity contribution < 1.29 is 0 Å². The van der Waals surface area contributed by atoms with E-state index in [4.69, 9.17) is 5.73 Å². The lowest BCUT2D eigenvalue weighted by Crippen LogP contribution is -2.01. The minimum atomic E-state index is 0.585. The van der Waals surface area contributed by atoms with Crippen molar-refractivity contribution in [2.45, 2.75) is 52.4 Å². The van der Waals surface area contributed by atoms with Crippen LogP contribution in [0.15, 0.2) is 0 Å². The van der Waals surface area contributed by atoms with Gasteiger partial charge in [-0.25, -0.2) is 9.97 Å². The SMILES string of the molecule is CC(C)Cc1nc2c(N)nc3c(c2[nH]1)CCCCC3. The second kappa shape index (κ2) is 4.83. The molecular formula is C15H22N4. The Labute approximate surface area is 113 Å². The third kappa shape index (κ3) is 2.31. The average Bonchev–Trinajstić information content (AvgIpc) is 2.61. The smallest absolute Gasteiger partial charge is 0.151 e. The molecule has 2 heterocycles. The lowest BCUT2D eigenvalue weighted by Gasteiger charge is -2.07. The number of anilines is 1. The minimum Gasteiger partial charge on any atom is -0.382 e. The molecule has 0 fully saturated rings. The summed E-state index contributed by atoms with van der Waals surface area (Å²) < 4.78 is 0. The van der Waals surface area contributed by atoms with Crippen LogP contribution in [0.25, 0.3) is 11.0 Å². The molecule has 0 amide bonds. The molecule has 3 N–H and O–H groups in total. The van der Waals surface area contributed by atoms with Crippen LogP contribution in [0.3, 0.4) is 0 Å². The maximum Gasteiger partial charge on any atom is 0.151 e. The summed E-state index contributed by atoms with van der Waals surface area (Å²) >= 11 is 0. The molecule has 0 radical (unpaired) electrons. The molecule has 2 aromatic heterocycles. The van der Waals surface area contributed by atoms with Gasteiger partial charge in [0.05, 0.1) is 5.52 Å². The van der Waals surface area contributed by atoms with Crippen LogP contribution in [-0.2, 0) is 19.3 Å². The molecule has 19 heavy (non-hydrogen) atoms. The zero-order valence-corrected chi connectivity index (χ0v) is 11.8. The molecule has 0 saturated carbocycles. The van der Waals surface area contributed by atoms with Crippen molar-refractivity contribution in [3.63, 3.8) is 0 Å². The van der Waals surface area contributed by atoms with Gasteiger partial charge in [0.1, 0.15) is 11.3 Å². The second-order valence-electron chi connectivity index (χ2n) is 5.99. The van der Waals surface area contributed by atoms with Gasteiger partial charge < -0.3 is 10.7 Å². The fraction of sp³-hybridized carbons (Fsp3) is 0.600. The Morgan fingerprint density at radius 1 is 1.16 bits per heavy atom. The highest BCUT2D eigenvalue weighted by atomic mass is 15.0. The van der Waals surface area contributed by atoms with Gasteiger partial charge in [-0.15, -0.1) is 0 Å². The first-order valence-electron chi connectivity index (χ1n) is 7.31. The molecule has 1 aliphatic carbocycles. The number of imidazole rings is 1. The van der Waals surface area contributed by atoms with Gasteiger partial charge in [0.25, 0.3) is 0 Å². The van der Waals surface area contributed by atoms with Crippen molar-refractivity contribution >= 4 is 16.9 Å². The lowest BCUT2D eigenvalue weighted by molar-refractivity contribution is 0.627. The van der Waals surface area contributed by atoms with E-state index in [1.165, 1.54) is 30.5 Å². The molecule has 102 valence electrons. The summed E-state index contributed by atoms with van der Waals surface area (Å²) in [5, 5.41) is 0. The van der Waals surface area contributed by atoms with E-state index < -0.39 is 0 Å². The van der Waals surface area contributed by atoms with Crippen LogP contribution in [0.4, 0.5) is 5.82 Å². The summed E-state index contributed by atoms with van der Waals surface area (Å²) in [7, 11) is 0. The highest BCUT2D eigenvalue weighted by Crippen LogP contribution is 2.29. The van der Waals surface area contributed by atoms with E-state index >= 15 is 0 Å². The summed E-state index contributed by atoms with van der Waals surface area (Å²) in [6.45, 7) is 4.41. The van der Waals surface area contributed by atoms with Gasteiger partial charge in [0, 0.05) is 12.1 Å². The highest BCUT2D eigenvalue weighted by molar-refractivity contribution is 5.88. The van der Waals surface area contributed by atoms with Crippen LogP contribution in [0.5, 0.6) is 0 Å². The fourth-order valence-electron chi connectivity index (χ4n) is 2.97. The zero-order chi connectivity index (χ0) is 13.4. The number of nitrogens with two attached hydrogens (primary N) is 1. The Morgan fingerprint density at radius 3 is 2.74 bits per heavy atom. The van der Waals surface area contributed by atoms with Gasteiger partial charge in [-0.2, -0.15) is 0 Å². The maximum atomic E-state index is 6.08. The first-order chi connectivity index (χ1) is 9.15. The quantitative estimate of drug-likeness (QED) is 0.814. The van der Waals surface area contributed by atoms with E-state index in [0.717, 1.165) is 36.1 Å². The van der Waals surface area contributed by atoms with Crippen LogP contribution in [-0.4, -0.2) is 15.0 Å². The Kier molecular flexibility index (Phi) is 3.17. The summed E-state index contributed by atoms with van der Waals surface area (Å²) in [6.07, 6.45) is 6.86. The Bertz CT molecular complexity index is 598. The highest BCUT2D eigenvalue weighted by Gasteiger charge is 2.18. The van der Waals surface area contributed by atoms with Gasteiger partial charge in [0.15, 0.2) is 5.82 Å². The number of pyridine rings is 1. The number of H-pyrrole nitrogens is 1. The molecule has 4 nitrogen and oxygen atoms in total. The maximum absolute atomic E-state index is 6.08. The van der Waals surface area contributed by atoms with Crippen LogP contribution in [0.2, 0.25) is 0 Å². The predicted molar refractivity (Wildman–Crippen MR) is 78.1 cm³/mol. The Balaban J connectivity index is 2.14. The third-order valence-corrected chi connectivity index (χ3v) is 3.84. The number of aryl methyl sites for hydroxylation is 2. The minimum absolute atomic E-state index is 0.585. The lowest BCUT2D eigenvalue weighted by atomic mass is 10.1. The first kappa shape index (κ1) is 12.5. The van der Waals surface area contributed by atoms with E-state index in [1.807, 2.05) is 0 Å². The van der Waals surface area contributed by atoms with Crippen LogP contribution < -0.4 is 5.73 Å². The van der Waals surface area contributed by atoms with Gasteiger partial charge >= 0.3 is 0 Å². The predicted octanol–water partition coefficient (Wildman–Crippen LogP) is 3.01. The van der Waals surface area contributed by atoms with Crippen molar-refractivity contribution in [2.75, 3.05) is 5.73 Å². The van der Waals surface area contributed by atoms with Crippen LogP contribution in [0, 0.1) is 5.92 Å². The monoisotopic (exact) mass is 258 g/mol. The molecule has 0 atom stereocenters. The fourth-order valence-corrected chi connectivity index (χ4v) is 2.97. The number of nitrogens with one attached hydrogen (secondary N) is 1. The molecule has 0 spiro atoms. The number of aromatic amines is 1. The molecule has 0 aromatic carbocycles. The molecule has 0 bridgehead atoms. The first-order valence-corrected chi connectivity index (χ1v) is 7.31. The van der Waals surface area contributed by atoms with Crippen molar-refractivity contribution in [3.8, 4) is 0 Å². The van der Waals surface area contributed by atoms with Gasteiger partial charge in [-0.05, 0) is 37.2 Å². The number of fused-ring (bicyclic) bond motifs is 3. The standard InChI is InChI=1S/C15H22N4/c1-9(2)8-12-18-13-10-6-4-3-5-7-11(10)17-15(16)14(13)19-12/h9H,3-8H2,1-2H3,(H2,16,17)(H,18,19). The van der Waals surface area contributed by atoms with E-state index in [2.05, 4.69) is 28.8 Å². The summed E-state index contributed by atoms with van der Waals surface area (Å²) in [6, 6.07) is 0. The number of rotatable bonds is 2. The number of nitrogen functional groups attached to an aromatic ring is 1. The van der Waals surface area contributed by atoms with E-state index in [9.17, 15) is 0 Å². The molecule has 0 unspecified atom stereocenters. The average molecular weight is 258 g/mol. The van der Waals surface area contributed by atoms with E-state index in [-0.39, 0.29) is 0 Å². The van der Waals surface area contributed by atoms with Crippen LogP contribution >= 0.6 is 0 Å². The van der Waals surface area contributed by atoms with Crippen molar-refractivity contribution in [2.24, 2.45) is 5.92 Å². The number of aromatic nitrogens is 3. The Hall–Kier alpha value is -1.58. The normalized spacial score (nSPS) is 15.7. The molecule has 0 saturated heterocycles. The van der Waals surface area contributed by atoms with Crippen molar-refractivity contribution in [1.82, 2.24) is 15.0 Å². The number of hydrogen-bond acceptors (Lipinski definition) is 3. The molecule has 2 aromatic rings. The van der Waals surface area contributed by atoms with Gasteiger partial charge in [-0.1, -0.05) is 20.3 Å². The number of hydrogen-bond donors (Lipinski definition) is 2. The zero-order valence-electron chi connectivity index (χ0n) is 11.8. The molecule has 1 aliphatic rings. The molecule has 4 heteroatoms. The largest absolute Gasteiger partial charge is 0.382 e.